The summed E-state index contributed by atoms with van der Waals surface area (Å²) in [4.78, 5) is 0. The molecule has 0 radical (unpaired) electrons. The second-order valence-electron chi connectivity index (χ2n) is 9.80. The SMILES string of the molecule is CCC12CC[C@@H]3C4=C(CC(OC)=CC4)C[C@@H](C)[C@H]3[C@]13C[C@H]3C[C@H]2CO. The first-order valence-corrected chi connectivity index (χ1v) is 10.7. The Morgan fingerprint density at radius 3 is 2.92 bits per heavy atom. The molecule has 0 aromatic carbocycles. The Hall–Kier alpha value is -0.760. The van der Waals surface area contributed by atoms with Crippen LogP contribution in [0.5, 0.6) is 0 Å². The lowest BCUT2D eigenvalue weighted by molar-refractivity contribution is -0.0710. The molecule has 5 rings (SSSR count). The third-order valence-corrected chi connectivity index (χ3v) is 9.49. The highest BCUT2D eigenvalue weighted by atomic mass is 16.5. The van der Waals surface area contributed by atoms with E-state index in [0.29, 0.717) is 23.4 Å². The fraction of sp³-hybridized carbons (Fsp3) is 0.826. The molecule has 1 spiro atoms. The molecule has 1 N–H and O–H groups in total. The fourth-order valence-corrected chi connectivity index (χ4v) is 8.72. The predicted octanol–water partition coefficient (Wildman–Crippen LogP) is 5.09. The summed E-state index contributed by atoms with van der Waals surface area (Å²) in [6.07, 6.45) is 12.6. The first-order valence-electron chi connectivity index (χ1n) is 10.7. The highest BCUT2D eigenvalue weighted by molar-refractivity contribution is 5.37. The van der Waals surface area contributed by atoms with Crippen LogP contribution in [0.25, 0.3) is 0 Å². The third kappa shape index (κ3) is 1.85. The van der Waals surface area contributed by atoms with Crippen LogP contribution in [0.15, 0.2) is 23.0 Å². The van der Waals surface area contributed by atoms with Gasteiger partial charge in [-0.3, -0.25) is 0 Å². The largest absolute Gasteiger partial charge is 0.501 e. The molecular weight excluding hydrogens is 308 g/mol. The molecule has 1 unspecified atom stereocenters. The van der Waals surface area contributed by atoms with Gasteiger partial charge in [-0.1, -0.05) is 25.0 Å². The van der Waals surface area contributed by atoms with Crippen molar-refractivity contribution in [2.45, 2.75) is 65.2 Å². The van der Waals surface area contributed by atoms with Gasteiger partial charge in [-0.2, -0.15) is 0 Å². The number of methoxy groups -OCH3 is 1. The van der Waals surface area contributed by atoms with Gasteiger partial charge in [0.05, 0.1) is 12.9 Å². The van der Waals surface area contributed by atoms with Gasteiger partial charge in [0, 0.05) is 13.0 Å². The van der Waals surface area contributed by atoms with Gasteiger partial charge < -0.3 is 9.84 Å². The molecule has 0 saturated heterocycles. The Labute approximate surface area is 152 Å². The van der Waals surface area contributed by atoms with Crippen LogP contribution in [-0.4, -0.2) is 18.8 Å². The second kappa shape index (κ2) is 5.38. The van der Waals surface area contributed by atoms with Crippen LogP contribution in [-0.2, 0) is 4.74 Å². The lowest BCUT2D eigenvalue weighted by atomic mass is 9.47. The molecule has 0 heterocycles. The summed E-state index contributed by atoms with van der Waals surface area (Å²) in [5.41, 5.74) is 4.52. The summed E-state index contributed by atoms with van der Waals surface area (Å²) in [6.45, 7) is 5.37. The van der Waals surface area contributed by atoms with Crippen LogP contribution in [0.1, 0.15) is 65.2 Å². The highest BCUT2D eigenvalue weighted by Crippen LogP contribution is 2.84. The van der Waals surface area contributed by atoms with Crippen LogP contribution < -0.4 is 0 Å². The van der Waals surface area contributed by atoms with Gasteiger partial charge in [0.15, 0.2) is 0 Å². The molecule has 0 amide bonds. The van der Waals surface area contributed by atoms with Crippen molar-refractivity contribution in [2.75, 3.05) is 13.7 Å². The summed E-state index contributed by atoms with van der Waals surface area (Å²) in [6, 6.07) is 0. The Morgan fingerprint density at radius 2 is 2.20 bits per heavy atom. The minimum Gasteiger partial charge on any atom is -0.501 e. The molecule has 25 heavy (non-hydrogen) atoms. The molecule has 3 fully saturated rings. The summed E-state index contributed by atoms with van der Waals surface area (Å²) >= 11 is 0. The molecular formula is C23H34O2. The molecule has 0 aromatic rings. The van der Waals surface area contributed by atoms with E-state index in [-0.39, 0.29) is 0 Å². The summed E-state index contributed by atoms with van der Waals surface area (Å²) < 4.78 is 5.57. The highest BCUT2D eigenvalue weighted by Gasteiger charge is 2.78. The van der Waals surface area contributed by atoms with Gasteiger partial charge in [0.2, 0.25) is 0 Å². The lowest BCUT2D eigenvalue weighted by Crippen LogP contribution is -2.51. The number of hydrogen-bond donors (Lipinski definition) is 1. The number of aliphatic hydroxyl groups is 1. The number of fused-ring (bicyclic) bond motifs is 2. The molecule has 138 valence electrons. The number of allylic oxidation sites excluding steroid dienone is 3. The maximum absolute atomic E-state index is 10.1. The van der Waals surface area contributed by atoms with Crippen molar-refractivity contribution < 1.29 is 9.84 Å². The minimum absolute atomic E-state index is 0.422. The van der Waals surface area contributed by atoms with Crippen LogP contribution in [0.3, 0.4) is 0 Å². The zero-order valence-electron chi connectivity index (χ0n) is 16.2. The average molecular weight is 343 g/mol. The molecule has 3 saturated carbocycles. The summed E-state index contributed by atoms with van der Waals surface area (Å²) in [7, 11) is 1.82. The van der Waals surface area contributed by atoms with Crippen LogP contribution in [0.2, 0.25) is 0 Å². The van der Waals surface area contributed by atoms with Crippen molar-refractivity contribution in [1.29, 1.82) is 0 Å². The summed E-state index contributed by atoms with van der Waals surface area (Å²) in [5.74, 6) is 5.16. The molecule has 7 atom stereocenters. The predicted molar refractivity (Wildman–Crippen MR) is 99.8 cm³/mol. The Morgan fingerprint density at radius 1 is 1.36 bits per heavy atom. The number of aliphatic hydroxyl groups excluding tert-OH is 1. The van der Waals surface area contributed by atoms with E-state index < -0.39 is 0 Å². The molecule has 0 bridgehead atoms. The van der Waals surface area contributed by atoms with Gasteiger partial charge in [-0.05, 0) is 91.4 Å². The first-order chi connectivity index (χ1) is 12.1. The van der Waals surface area contributed by atoms with Crippen molar-refractivity contribution in [2.24, 2.45) is 40.4 Å². The van der Waals surface area contributed by atoms with Crippen molar-refractivity contribution >= 4 is 0 Å². The molecule has 5 aliphatic carbocycles. The van der Waals surface area contributed by atoms with Crippen molar-refractivity contribution in [3.63, 3.8) is 0 Å². The molecule has 2 nitrogen and oxygen atoms in total. The van der Waals surface area contributed by atoms with Crippen molar-refractivity contribution in [3.8, 4) is 0 Å². The van der Waals surface area contributed by atoms with Crippen molar-refractivity contribution in [3.05, 3.63) is 23.0 Å². The Kier molecular flexibility index (Phi) is 3.53. The summed E-state index contributed by atoms with van der Waals surface area (Å²) in [5, 5.41) is 10.1. The first kappa shape index (κ1) is 16.4. The van der Waals surface area contributed by atoms with E-state index in [1.165, 1.54) is 44.3 Å². The smallest absolute Gasteiger partial charge is 0.0959 e. The van der Waals surface area contributed by atoms with E-state index in [1.807, 2.05) is 7.11 Å². The quantitative estimate of drug-likeness (QED) is 0.724. The zero-order valence-corrected chi connectivity index (χ0v) is 16.2. The lowest BCUT2D eigenvalue weighted by Gasteiger charge is -2.57. The zero-order chi connectivity index (χ0) is 17.4. The van der Waals surface area contributed by atoms with E-state index in [4.69, 9.17) is 4.74 Å². The average Bonchev–Trinajstić information content (AvgIpc) is 3.27. The minimum atomic E-state index is 0.422. The number of rotatable bonds is 3. The fourth-order valence-electron chi connectivity index (χ4n) is 8.72. The van der Waals surface area contributed by atoms with Crippen LogP contribution in [0.4, 0.5) is 0 Å². The van der Waals surface area contributed by atoms with Gasteiger partial charge in [-0.15, -0.1) is 0 Å². The van der Waals surface area contributed by atoms with Gasteiger partial charge in [-0.25, -0.2) is 0 Å². The van der Waals surface area contributed by atoms with E-state index in [2.05, 4.69) is 19.9 Å². The maximum Gasteiger partial charge on any atom is 0.0959 e. The number of hydrogen-bond acceptors (Lipinski definition) is 2. The number of ether oxygens (including phenoxy) is 1. The van der Waals surface area contributed by atoms with E-state index in [0.717, 1.165) is 36.5 Å². The van der Waals surface area contributed by atoms with Crippen molar-refractivity contribution in [1.82, 2.24) is 0 Å². The topological polar surface area (TPSA) is 29.5 Å². The monoisotopic (exact) mass is 342 g/mol. The van der Waals surface area contributed by atoms with E-state index >= 15 is 0 Å². The van der Waals surface area contributed by atoms with Gasteiger partial charge in [0.25, 0.3) is 0 Å². The molecule has 0 aliphatic heterocycles. The Balaban J connectivity index is 1.53. The van der Waals surface area contributed by atoms with E-state index in [9.17, 15) is 5.11 Å². The van der Waals surface area contributed by atoms with Gasteiger partial charge in [0.1, 0.15) is 0 Å². The second-order valence-corrected chi connectivity index (χ2v) is 9.80. The Bertz CT molecular complexity index is 646. The normalized spacial score (nSPS) is 50.4. The molecule has 5 aliphatic rings. The van der Waals surface area contributed by atoms with Gasteiger partial charge >= 0.3 is 0 Å². The van der Waals surface area contributed by atoms with Crippen LogP contribution >= 0.6 is 0 Å². The third-order valence-electron chi connectivity index (χ3n) is 9.49. The van der Waals surface area contributed by atoms with Crippen LogP contribution in [0, 0.1) is 40.4 Å². The standard InChI is InChI=1S/C23H34O2/c1-4-22-8-7-20-19-6-5-18(25-3)10-15(19)9-14(2)21(20)23(22)12-16(23)11-17(22)13-24/h5,14,16-17,20-21,24H,4,6-13H2,1-3H3/t14-,16-,17+,20-,21-,22?,23-/m1/s1. The van der Waals surface area contributed by atoms with E-state index in [1.54, 1.807) is 11.1 Å². The maximum atomic E-state index is 10.1. The molecule has 0 aromatic heterocycles. The molecule has 2 heteroatoms.